The molecule has 0 aromatic carbocycles. The molecule has 1 saturated heterocycles. The molecule has 2 atom stereocenters. The summed E-state index contributed by atoms with van der Waals surface area (Å²) in [6.07, 6.45) is 5.51. The van der Waals surface area contributed by atoms with E-state index in [-0.39, 0.29) is 18.1 Å². The van der Waals surface area contributed by atoms with Gasteiger partial charge in [0.2, 0.25) is 0 Å². The van der Waals surface area contributed by atoms with Crippen molar-refractivity contribution in [2.45, 2.75) is 52.0 Å². The Morgan fingerprint density at radius 1 is 1.46 bits per heavy atom. The Balaban J connectivity index is 1.55. The average molecular weight is 330 g/mol. The van der Waals surface area contributed by atoms with Crippen LogP contribution in [0.2, 0.25) is 0 Å². The molecule has 0 radical (unpaired) electrons. The first kappa shape index (κ1) is 15.3. The highest BCUT2D eigenvalue weighted by Crippen LogP contribution is 2.30. The summed E-state index contributed by atoms with van der Waals surface area (Å²) >= 11 is 0. The van der Waals surface area contributed by atoms with Crippen molar-refractivity contribution in [3.8, 4) is 0 Å². The summed E-state index contributed by atoms with van der Waals surface area (Å²) < 4.78 is 9.68. The minimum atomic E-state index is 0.0416. The van der Waals surface area contributed by atoms with Crippen molar-refractivity contribution in [2.24, 2.45) is 0 Å². The zero-order valence-corrected chi connectivity index (χ0v) is 14.1. The third-order valence-corrected chi connectivity index (χ3v) is 4.85. The highest BCUT2D eigenvalue weighted by Gasteiger charge is 2.38. The molecule has 2 aliphatic heterocycles. The maximum absolute atomic E-state index is 12.9. The number of nitrogens with zero attached hydrogens (tertiary/aromatic N) is 6. The Hall–Kier alpha value is -2.22. The Labute approximate surface area is 140 Å². The standard InChI is InChI=1S/C16H22N6O2/c1-3-5-21-8-13(11(2)18-21)16(23)20-6-4-15-14(9-20)22-12(10-24-15)7-17-19-22/h7-8,14-15H,3-6,9-10H2,1-2H3/t14-,15-/m0/s1. The highest BCUT2D eigenvalue weighted by atomic mass is 16.5. The highest BCUT2D eigenvalue weighted by molar-refractivity contribution is 5.95. The number of aromatic nitrogens is 5. The first-order valence-electron chi connectivity index (χ1n) is 8.51. The van der Waals surface area contributed by atoms with Gasteiger partial charge in [-0.05, 0) is 19.8 Å². The summed E-state index contributed by atoms with van der Waals surface area (Å²) in [5.74, 6) is 0.0422. The van der Waals surface area contributed by atoms with Crippen LogP contribution in [0.15, 0.2) is 12.4 Å². The minimum Gasteiger partial charge on any atom is -0.370 e. The van der Waals surface area contributed by atoms with Crippen LogP contribution in [0.25, 0.3) is 0 Å². The van der Waals surface area contributed by atoms with E-state index in [1.807, 2.05) is 27.4 Å². The lowest BCUT2D eigenvalue weighted by molar-refractivity contribution is -0.0605. The van der Waals surface area contributed by atoms with Crippen molar-refractivity contribution < 1.29 is 9.53 Å². The fourth-order valence-corrected chi connectivity index (χ4v) is 3.61. The molecule has 1 amide bonds. The van der Waals surface area contributed by atoms with Crippen LogP contribution in [0.4, 0.5) is 0 Å². The maximum Gasteiger partial charge on any atom is 0.257 e. The van der Waals surface area contributed by atoms with Crippen LogP contribution in [0, 0.1) is 6.92 Å². The molecule has 4 heterocycles. The van der Waals surface area contributed by atoms with Crippen LogP contribution in [-0.4, -0.2) is 54.8 Å². The number of ether oxygens (including phenoxy) is 1. The molecule has 0 bridgehead atoms. The van der Waals surface area contributed by atoms with Gasteiger partial charge in [0.25, 0.3) is 5.91 Å². The van der Waals surface area contributed by atoms with E-state index in [4.69, 9.17) is 4.74 Å². The third kappa shape index (κ3) is 2.50. The van der Waals surface area contributed by atoms with E-state index in [1.165, 1.54) is 0 Å². The van der Waals surface area contributed by atoms with Crippen molar-refractivity contribution in [1.82, 2.24) is 29.7 Å². The molecule has 8 nitrogen and oxygen atoms in total. The summed E-state index contributed by atoms with van der Waals surface area (Å²) in [5.41, 5.74) is 2.45. The Morgan fingerprint density at radius 2 is 2.33 bits per heavy atom. The first-order valence-corrected chi connectivity index (χ1v) is 8.51. The monoisotopic (exact) mass is 330 g/mol. The summed E-state index contributed by atoms with van der Waals surface area (Å²) in [5, 5.41) is 12.6. The number of likely N-dealkylation sites (tertiary alicyclic amines) is 1. The zero-order chi connectivity index (χ0) is 16.7. The Kier molecular flexibility index (Phi) is 3.84. The number of piperidine rings is 1. The molecule has 2 aromatic heterocycles. The van der Waals surface area contributed by atoms with Crippen molar-refractivity contribution in [2.75, 3.05) is 13.1 Å². The lowest BCUT2D eigenvalue weighted by Crippen LogP contribution is -2.50. The SMILES string of the molecule is CCCn1cc(C(=O)N2CC[C@@H]3OCc4cnnn4[C@H]3C2)c(C)n1. The fourth-order valence-electron chi connectivity index (χ4n) is 3.61. The number of amides is 1. The van der Waals surface area contributed by atoms with E-state index in [9.17, 15) is 4.79 Å². The number of rotatable bonds is 3. The Morgan fingerprint density at radius 3 is 3.17 bits per heavy atom. The lowest BCUT2D eigenvalue weighted by Gasteiger charge is -2.40. The maximum atomic E-state index is 12.9. The summed E-state index contributed by atoms with van der Waals surface area (Å²) in [6, 6.07) is 0.0416. The summed E-state index contributed by atoms with van der Waals surface area (Å²) in [4.78, 5) is 14.8. The fraction of sp³-hybridized carbons (Fsp3) is 0.625. The molecule has 0 saturated carbocycles. The molecule has 4 rings (SSSR count). The van der Waals surface area contributed by atoms with Gasteiger partial charge in [-0.3, -0.25) is 9.48 Å². The predicted octanol–water partition coefficient (Wildman–Crippen LogP) is 1.18. The lowest BCUT2D eigenvalue weighted by atomic mass is 9.99. The molecular formula is C16H22N6O2. The van der Waals surface area contributed by atoms with E-state index in [1.54, 1.807) is 6.20 Å². The largest absolute Gasteiger partial charge is 0.370 e. The van der Waals surface area contributed by atoms with Crippen molar-refractivity contribution in [3.05, 3.63) is 29.3 Å². The molecule has 128 valence electrons. The van der Waals surface area contributed by atoms with Crippen molar-refractivity contribution in [1.29, 1.82) is 0 Å². The second-order valence-corrected chi connectivity index (χ2v) is 6.52. The van der Waals surface area contributed by atoms with E-state index in [0.29, 0.717) is 25.3 Å². The van der Waals surface area contributed by atoms with Crippen LogP contribution < -0.4 is 0 Å². The van der Waals surface area contributed by atoms with Gasteiger partial charge in [-0.15, -0.1) is 5.10 Å². The molecule has 0 unspecified atom stereocenters. The van der Waals surface area contributed by atoms with E-state index in [2.05, 4.69) is 22.3 Å². The van der Waals surface area contributed by atoms with Gasteiger partial charge in [0, 0.05) is 25.8 Å². The van der Waals surface area contributed by atoms with Gasteiger partial charge < -0.3 is 9.64 Å². The van der Waals surface area contributed by atoms with Crippen LogP contribution in [-0.2, 0) is 17.9 Å². The number of carbonyl (C=O) groups excluding carboxylic acids is 1. The molecular weight excluding hydrogens is 308 g/mol. The third-order valence-electron chi connectivity index (χ3n) is 4.85. The van der Waals surface area contributed by atoms with Gasteiger partial charge in [0.05, 0.1) is 41.9 Å². The van der Waals surface area contributed by atoms with E-state index in [0.717, 1.165) is 30.8 Å². The molecule has 1 fully saturated rings. The number of carbonyl (C=O) groups is 1. The van der Waals surface area contributed by atoms with E-state index < -0.39 is 0 Å². The minimum absolute atomic E-state index is 0.0416. The topological polar surface area (TPSA) is 78.1 Å². The number of hydrogen-bond donors (Lipinski definition) is 0. The molecule has 0 aliphatic carbocycles. The average Bonchev–Trinajstić information content (AvgIpc) is 3.20. The van der Waals surface area contributed by atoms with Crippen LogP contribution in [0.3, 0.4) is 0 Å². The molecule has 24 heavy (non-hydrogen) atoms. The number of hydrogen-bond acceptors (Lipinski definition) is 5. The van der Waals surface area contributed by atoms with Crippen LogP contribution in [0.5, 0.6) is 0 Å². The molecule has 0 N–H and O–H groups in total. The second kappa shape index (κ2) is 6.01. The predicted molar refractivity (Wildman–Crippen MR) is 85.4 cm³/mol. The van der Waals surface area contributed by atoms with Crippen molar-refractivity contribution >= 4 is 5.91 Å². The number of aryl methyl sites for hydroxylation is 2. The van der Waals surface area contributed by atoms with Crippen LogP contribution >= 0.6 is 0 Å². The normalized spacial score (nSPS) is 23.0. The van der Waals surface area contributed by atoms with Gasteiger partial charge in [-0.2, -0.15) is 5.10 Å². The van der Waals surface area contributed by atoms with Crippen LogP contribution in [0.1, 0.15) is 47.6 Å². The Bertz CT molecular complexity index is 752. The molecule has 2 aromatic rings. The molecule has 0 spiro atoms. The van der Waals surface area contributed by atoms with Gasteiger partial charge in [-0.25, -0.2) is 4.68 Å². The quantitative estimate of drug-likeness (QED) is 0.844. The molecule has 8 heteroatoms. The van der Waals surface area contributed by atoms with Crippen molar-refractivity contribution in [3.63, 3.8) is 0 Å². The zero-order valence-electron chi connectivity index (χ0n) is 14.1. The number of fused-ring (bicyclic) bond motifs is 3. The van der Waals surface area contributed by atoms with Gasteiger partial charge >= 0.3 is 0 Å². The smallest absolute Gasteiger partial charge is 0.257 e. The van der Waals surface area contributed by atoms with Gasteiger partial charge in [0.1, 0.15) is 0 Å². The van der Waals surface area contributed by atoms with E-state index >= 15 is 0 Å². The second-order valence-electron chi connectivity index (χ2n) is 6.52. The summed E-state index contributed by atoms with van der Waals surface area (Å²) in [6.45, 7) is 6.66. The molecule has 2 aliphatic rings. The first-order chi connectivity index (χ1) is 11.7. The van der Waals surface area contributed by atoms with Gasteiger partial charge in [0.15, 0.2) is 0 Å². The van der Waals surface area contributed by atoms with Gasteiger partial charge in [-0.1, -0.05) is 12.1 Å². The summed E-state index contributed by atoms with van der Waals surface area (Å²) in [7, 11) is 0.